The molecule has 2 aromatic rings. The van der Waals surface area contributed by atoms with E-state index in [2.05, 4.69) is 15.7 Å². The molecule has 3 heterocycles. The van der Waals surface area contributed by atoms with Crippen LogP contribution in [0.1, 0.15) is 49.5 Å². The SMILES string of the molecule is CN1Cc2c(nn3c(O)c(C(=O)NC4CC4)c(=O)n(CC(C)(C)C)c23)NC1=O. The Bertz CT molecular complexity index is 1060. The van der Waals surface area contributed by atoms with Gasteiger partial charge in [-0.1, -0.05) is 20.8 Å². The van der Waals surface area contributed by atoms with Gasteiger partial charge in [0.2, 0.25) is 5.88 Å². The topological polar surface area (TPSA) is 121 Å². The molecule has 0 bridgehead atoms. The highest BCUT2D eigenvalue weighted by molar-refractivity contribution is 5.97. The van der Waals surface area contributed by atoms with Crippen LogP contribution >= 0.6 is 0 Å². The fraction of sp³-hybridized carbons (Fsp3) is 0.556. The van der Waals surface area contributed by atoms with E-state index in [9.17, 15) is 19.5 Å². The molecule has 0 atom stereocenters. The number of hydrogen-bond donors (Lipinski definition) is 3. The number of carbonyl (C=O) groups is 2. The number of anilines is 1. The molecule has 150 valence electrons. The van der Waals surface area contributed by atoms with Gasteiger partial charge in [0.05, 0.1) is 12.1 Å². The lowest BCUT2D eigenvalue weighted by molar-refractivity contribution is 0.0944. The highest BCUT2D eigenvalue weighted by Crippen LogP contribution is 2.30. The van der Waals surface area contributed by atoms with Crippen LogP contribution in [-0.2, 0) is 13.1 Å². The van der Waals surface area contributed by atoms with Gasteiger partial charge in [0.25, 0.3) is 11.5 Å². The van der Waals surface area contributed by atoms with Crippen LogP contribution in [0.5, 0.6) is 5.88 Å². The summed E-state index contributed by atoms with van der Waals surface area (Å²) in [7, 11) is 1.63. The lowest BCUT2D eigenvalue weighted by atomic mass is 9.96. The molecule has 1 aliphatic carbocycles. The third-order valence-corrected chi connectivity index (χ3v) is 4.83. The molecule has 2 aliphatic rings. The summed E-state index contributed by atoms with van der Waals surface area (Å²) >= 11 is 0. The lowest BCUT2D eigenvalue weighted by Crippen LogP contribution is -2.38. The van der Waals surface area contributed by atoms with Gasteiger partial charge in [-0.15, -0.1) is 5.10 Å². The molecule has 1 aliphatic heterocycles. The summed E-state index contributed by atoms with van der Waals surface area (Å²) in [6.07, 6.45) is 1.72. The van der Waals surface area contributed by atoms with Crippen LogP contribution in [0.4, 0.5) is 10.6 Å². The van der Waals surface area contributed by atoms with Crippen molar-refractivity contribution in [2.24, 2.45) is 5.41 Å². The van der Waals surface area contributed by atoms with Crippen LogP contribution in [0.15, 0.2) is 4.79 Å². The van der Waals surface area contributed by atoms with Gasteiger partial charge in [-0.05, 0) is 18.3 Å². The van der Waals surface area contributed by atoms with Crippen LogP contribution in [0.3, 0.4) is 0 Å². The second-order valence-electron chi connectivity index (χ2n) is 8.75. The number of amides is 3. The molecule has 0 unspecified atom stereocenters. The third-order valence-electron chi connectivity index (χ3n) is 4.83. The average molecular weight is 388 g/mol. The Kier molecular flexibility index (Phi) is 3.91. The predicted octanol–water partition coefficient (Wildman–Crippen LogP) is 1.12. The molecular weight excluding hydrogens is 364 g/mol. The average Bonchev–Trinajstić information content (AvgIpc) is 3.31. The van der Waals surface area contributed by atoms with E-state index in [1.807, 2.05) is 20.8 Å². The minimum Gasteiger partial charge on any atom is -0.492 e. The number of nitrogens with one attached hydrogen (secondary N) is 2. The minimum absolute atomic E-state index is 0.0387. The van der Waals surface area contributed by atoms with E-state index >= 15 is 0 Å². The zero-order chi connectivity index (χ0) is 20.4. The number of urea groups is 1. The Hall–Kier alpha value is -3.04. The predicted molar refractivity (Wildman–Crippen MR) is 102 cm³/mol. The number of aromatic hydroxyl groups is 1. The first-order chi connectivity index (χ1) is 13.1. The van der Waals surface area contributed by atoms with Gasteiger partial charge in [-0.3, -0.25) is 19.5 Å². The van der Waals surface area contributed by atoms with E-state index in [1.165, 1.54) is 14.0 Å². The van der Waals surface area contributed by atoms with E-state index in [0.717, 1.165) is 12.8 Å². The third kappa shape index (κ3) is 2.98. The molecule has 3 amide bonds. The van der Waals surface area contributed by atoms with E-state index < -0.39 is 17.3 Å². The standard InChI is InChI=1S/C18H24N6O4/c1-18(2,3)8-23-14-10-7-22(4)17(28)20-12(10)21-24(14)16(27)11(15(23)26)13(25)19-9-5-6-9/h9,27H,5-8H2,1-4H3,(H,19,25)(H,20,21,28). The molecule has 0 saturated heterocycles. The Labute approximate surface area is 161 Å². The molecule has 0 radical (unpaired) electrons. The highest BCUT2D eigenvalue weighted by atomic mass is 16.3. The molecule has 2 aromatic heterocycles. The Balaban J connectivity index is 1.99. The number of fused-ring (bicyclic) bond motifs is 3. The summed E-state index contributed by atoms with van der Waals surface area (Å²) in [4.78, 5) is 39.3. The van der Waals surface area contributed by atoms with Crippen LogP contribution < -0.4 is 16.2 Å². The van der Waals surface area contributed by atoms with Crippen molar-refractivity contribution in [2.45, 2.75) is 52.7 Å². The second kappa shape index (κ2) is 5.98. The molecule has 28 heavy (non-hydrogen) atoms. The van der Waals surface area contributed by atoms with Crippen LogP contribution in [-0.4, -0.2) is 49.2 Å². The number of aromatic nitrogens is 3. The normalized spacial score (nSPS) is 16.9. The number of hydrogen-bond acceptors (Lipinski definition) is 5. The first kappa shape index (κ1) is 18.3. The molecule has 10 nitrogen and oxygen atoms in total. The van der Waals surface area contributed by atoms with Crippen molar-refractivity contribution < 1.29 is 14.7 Å². The van der Waals surface area contributed by atoms with Crippen molar-refractivity contribution in [1.82, 2.24) is 24.4 Å². The van der Waals surface area contributed by atoms with Crippen LogP contribution in [0.25, 0.3) is 5.65 Å². The van der Waals surface area contributed by atoms with E-state index in [-0.39, 0.29) is 35.4 Å². The van der Waals surface area contributed by atoms with Crippen LogP contribution in [0, 0.1) is 5.41 Å². The maximum Gasteiger partial charge on any atom is 0.323 e. The quantitative estimate of drug-likeness (QED) is 0.727. The maximum absolute atomic E-state index is 13.3. The largest absolute Gasteiger partial charge is 0.492 e. The summed E-state index contributed by atoms with van der Waals surface area (Å²) in [6.45, 7) is 6.48. The molecular formula is C18H24N6O4. The molecule has 1 saturated carbocycles. The maximum atomic E-state index is 13.3. The van der Waals surface area contributed by atoms with Gasteiger partial charge in [-0.25, -0.2) is 4.79 Å². The zero-order valence-corrected chi connectivity index (χ0v) is 16.4. The lowest BCUT2D eigenvalue weighted by Gasteiger charge is -2.25. The molecule has 0 aromatic carbocycles. The molecule has 0 spiro atoms. The number of rotatable bonds is 3. The first-order valence-electron chi connectivity index (χ1n) is 9.27. The summed E-state index contributed by atoms with van der Waals surface area (Å²) in [5, 5.41) is 20.4. The summed E-state index contributed by atoms with van der Waals surface area (Å²) in [5.74, 6) is -0.848. The van der Waals surface area contributed by atoms with Crippen molar-refractivity contribution in [3.05, 3.63) is 21.5 Å². The smallest absolute Gasteiger partial charge is 0.323 e. The Morgan fingerprint density at radius 3 is 2.61 bits per heavy atom. The zero-order valence-electron chi connectivity index (χ0n) is 16.4. The van der Waals surface area contributed by atoms with Crippen molar-refractivity contribution in [3.63, 3.8) is 0 Å². The number of nitrogens with zero attached hydrogens (tertiary/aromatic N) is 4. The summed E-state index contributed by atoms with van der Waals surface area (Å²) < 4.78 is 2.65. The summed E-state index contributed by atoms with van der Waals surface area (Å²) in [6, 6.07) is -0.288. The van der Waals surface area contributed by atoms with Crippen LogP contribution in [0.2, 0.25) is 0 Å². The van der Waals surface area contributed by atoms with Gasteiger partial charge in [0, 0.05) is 19.6 Å². The number of carbonyl (C=O) groups excluding carboxylic acids is 2. The highest BCUT2D eigenvalue weighted by Gasteiger charge is 2.33. The van der Waals surface area contributed by atoms with E-state index in [4.69, 9.17) is 0 Å². The van der Waals surface area contributed by atoms with Gasteiger partial charge >= 0.3 is 6.03 Å². The van der Waals surface area contributed by atoms with Gasteiger partial charge in [-0.2, -0.15) is 4.52 Å². The van der Waals surface area contributed by atoms with Gasteiger partial charge < -0.3 is 15.3 Å². The molecule has 4 rings (SSSR count). The molecule has 1 fully saturated rings. The fourth-order valence-electron chi connectivity index (χ4n) is 3.36. The minimum atomic E-state index is -0.607. The molecule has 10 heteroatoms. The second-order valence-corrected chi connectivity index (χ2v) is 8.75. The van der Waals surface area contributed by atoms with Crippen molar-refractivity contribution in [2.75, 3.05) is 12.4 Å². The summed E-state index contributed by atoms with van der Waals surface area (Å²) in [5.41, 5.74) is -0.175. The monoisotopic (exact) mass is 388 g/mol. The van der Waals surface area contributed by atoms with Crippen molar-refractivity contribution in [1.29, 1.82) is 0 Å². The fourth-order valence-corrected chi connectivity index (χ4v) is 3.36. The van der Waals surface area contributed by atoms with Gasteiger partial charge in [0.15, 0.2) is 11.4 Å². The first-order valence-corrected chi connectivity index (χ1v) is 9.27. The van der Waals surface area contributed by atoms with E-state index in [0.29, 0.717) is 17.8 Å². The van der Waals surface area contributed by atoms with Gasteiger partial charge in [0.1, 0.15) is 5.65 Å². The molecule has 3 N–H and O–H groups in total. The van der Waals surface area contributed by atoms with Crippen molar-refractivity contribution >= 4 is 23.4 Å². The van der Waals surface area contributed by atoms with Crippen molar-refractivity contribution in [3.8, 4) is 5.88 Å². The Morgan fingerprint density at radius 1 is 1.32 bits per heavy atom. The van der Waals surface area contributed by atoms with E-state index in [1.54, 1.807) is 7.05 Å². The Morgan fingerprint density at radius 2 is 2.00 bits per heavy atom.